The molecule has 0 saturated heterocycles. The third-order valence-corrected chi connectivity index (χ3v) is 10.2. The molecule has 4 aromatic carbocycles. The summed E-state index contributed by atoms with van der Waals surface area (Å²) < 4.78 is 73.1. The number of benzene rings is 4. The summed E-state index contributed by atoms with van der Waals surface area (Å²) >= 11 is 6.71. The van der Waals surface area contributed by atoms with Crippen LogP contribution in [0.25, 0.3) is 10.8 Å². The van der Waals surface area contributed by atoms with Gasteiger partial charge in [0.25, 0.3) is 0 Å². The van der Waals surface area contributed by atoms with E-state index in [0.717, 1.165) is 6.07 Å². The van der Waals surface area contributed by atoms with Gasteiger partial charge in [0.2, 0.25) is 17.2 Å². The molecule has 0 unspecified atom stereocenters. The van der Waals surface area contributed by atoms with Crippen molar-refractivity contribution in [3.8, 4) is 5.75 Å². The van der Waals surface area contributed by atoms with Gasteiger partial charge in [0.05, 0.1) is 39.1 Å². The number of nitrogens with zero attached hydrogens (tertiary/aromatic N) is 5. The molecule has 5 rings (SSSR count). The van der Waals surface area contributed by atoms with Crippen LogP contribution in [0.3, 0.4) is 0 Å². The van der Waals surface area contributed by atoms with Gasteiger partial charge in [0.15, 0.2) is 27.9 Å². The van der Waals surface area contributed by atoms with Gasteiger partial charge in [0.1, 0.15) is 21.5 Å². The van der Waals surface area contributed by atoms with E-state index in [1.54, 1.807) is 12.1 Å². The average Bonchev–Trinajstić information content (AvgIpc) is 3.10. The van der Waals surface area contributed by atoms with Gasteiger partial charge < -0.3 is 30.8 Å². The number of phenolic OH excluding ortho intramolecular Hbond substituents is 1. The van der Waals surface area contributed by atoms with Crippen LogP contribution in [-0.4, -0.2) is 53.8 Å². The normalized spacial score (nSPS) is 11.4. The van der Waals surface area contributed by atoms with Crippen molar-refractivity contribution < 1.29 is 149 Å². The molecular formula is C27H19ClN7Na3O13S4. The maximum absolute atomic E-state index is 12.5. The molecule has 55 heavy (non-hydrogen) atoms. The van der Waals surface area contributed by atoms with Gasteiger partial charge >= 0.3 is 88.7 Å². The molecule has 0 aliphatic rings. The predicted octanol–water partition coefficient (Wildman–Crippen LogP) is -4.99. The molecule has 0 aliphatic heterocycles. The molecule has 274 valence electrons. The Kier molecular flexibility index (Phi) is 21.2. The number of fused-ring (bicyclic) bond motifs is 1. The van der Waals surface area contributed by atoms with Crippen LogP contribution >= 0.6 is 36.0 Å². The van der Waals surface area contributed by atoms with E-state index in [1.165, 1.54) is 54.6 Å². The zero-order chi connectivity index (χ0) is 37.3. The summed E-state index contributed by atoms with van der Waals surface area (Å²) in [4.78, 5) is 11.7. The molecule has 20 nitrogen and oxygen atoms in total. The first-order valence-electron chi connectivity index (χ1n) is 13.8. The van der Waals surface area contributed by atoms with E-state index in [0.29, 0.717) is 28.8 Å². The molecule has 1 heterocycles. The number of azo groups is 1. The van der Waals surface area contributed by atoms with Gasteiger partial charge in [-0.05, 0) is 77.7 Å². The zero-order valence-corrected chi connectivity index (χ0v) is 38.5. The summed E-state index contributed by atoms with van der Waals surface area (Å²) in [5, 5.41) is 52.0. The maximum Gasteiger partial charge on any atom is 1.00 e. The number of anilines is 4. The maximum atomic E-state index is 12.5. The molecule has 0 atom stereocenters. The average molecular weight is 882 g/mol. The van der Waals surface area contributed by atoms with Crippen LogP contribution in [0, 0.1) is 0 Å². The summed E-state index contributed by atoms with van der Waals surface area (Å²) in [5.41, 5.74) is 0.276. The Bertz CT molecular complexity index is 2320. The van der Waals surface area contributed by atoms with Crippen LogP contribution in [0.15, 0.2) is 97.7 Å². The van der Waals surface area contributed by atoms with E-state index in [1.807, 2.05) is 0 Å². The summed E-state index contributed by atoms with van der Waals surface area (Å²) in [6.45, 7) is -0.276. The fourth-order valence-electron chi connectivity index (χ4n) is 4.29. The van der Waals surface area contributed by atoms with E-state index in [-0.39, 0.29) is 151 Å². The van der Waals surface area contributed by atoms with E-state index in [2.05, 4.69) is 54.6 Å². The van der Waals surface area contributed by atoms with Crippen LogP contribution in [0.4, 0.5) is 34.6 Å². The van der Waals surface area contributed by atoms with Crippen molar-refractivity contribution in [2.24, 2.45) is 10.2 Å². The Hall–Kier alpha value is -1.28. The third kappa shape index (κ3) is 14.2. The van der Waals surface area contributed by atoms with Crippen LogP contribution in [0.1, 0.15) is 0 Å². The minimum absolute atomic E-state index is 0. The first-order chi connectivity index (χ1) is 24.9. The third-order valence-electron chi connectivity index (χ3n) is 6.47. The van der Waals surface area contributed by atoms with Crippen molar-refractivity contribution in [2.45, 2.75) is 14.7 Å². The molecule has 5 aromatic rings. The fourth-order valence-corrected chi connectivity index (χ4v) is 6.96. The van der Waals surface area contributed by atoms with Crippen LogP contribution in [-0.2, 0) is 42.9 Å². The molecule has 0 amide bonds. The van der Waals surface area contributed by atoms with Crippen molar-refractivity contribution in [1.82, 2.24) is 15.0 Å². The largest absolute Gasteiger partial charge is 1.00 e. The SMILES string of the molecule is O=S(=O)([O-])c1ccccc1N=Nc1c(SOO[O-])cc2cc(Nc3nc(Cl)nc(Nc4ccc(S(=O)(=O)CCOSOO[O-])cc4)n3)ccc2c1O.[Na+].[Na+].[Na+]. The van der Waals surface area contributed by atoms with Crippen molar-refractivity contribution in [3.05, 3.63) is 78.1 Å². The van der Waals surface area contributed by atoms with E-state index >= 15 is 0 Å². The Labute approximate surface area is 392 Å². The molecule has 0 spiro atoms. The number of aromatic hydroxyl groups is 1. The van der Waals surface area contributed by atoms with E-state index in [4.69, 9.17) is 15.8 Å². The van der Waals surface area contributed by atoms with Crippen molar-refractivity contribution in [3.63, 3.8) is 0 Å². The monoisotopic (exact) mass is 881 g/mol. The molecule has 0 bridgehead atoms. The van der Waals surface area contributed by atoms with E-state index < -0.39 is 36.4 Å². The predicted molar refractivity (Wildman–Crippen MR) is 178 cm³/mol. The molecule has 3 N–H and O–H groups in total. The first kappa shape index (κ1) is 49.9. The van der Waals surface area contributed by atoms with Crippen LogP contribution < -0.4 is 110 Å². The topological polar surface area (TPSA) is 291 Å². The molecule has 0 radical (unpaired) electrons. The summed E-state index contributed by atoms with van der Waals surface area (Å²) in [6, 6.07) is 16.7. The molecule has 0 aliphatic carbocycles. The Balaban J connectivity index is 0.00000348. The summed E-state index contributed by atoms with van der Waals surface area (Å²) in [7, 11) is -8.63. The zero-order valence-electron chi connectivity index (χ0n) is 28.4. The standard InChI is InChI=1S/C27H22ClN7O13S4.3Na/c28-25-31-26(29-16-5-8-18(9-6-16)51(39,40)12-11-44-50-48-46-38)33-27(32-25)30-17-7-10-19-15(13-17)14-21(49-47-45-37)23(24(19)36)35-34-20-3-1-2-4-22(20)52(41,42)43;;;/h1-10,13-14,36-38H,11-12H2,(H,41,42,43)(H2,29,30,31,32,33);;;/q;3*+1/p-3. The first-order valence-corrected chi connectivity index (χ1v) is 18.7. The van der Waals surface area contributed by atoms with Gasteiger partial charge in [0, 0.05) is 16.8 Å². The van der Waals surface area contributed by atoms with Gasteiger partial charge in [-0.25, -0.2) is 16.8 Å². The van der Waals surface area contributed by atoms with Crippen molar-refractivity contribution in [2.75, 3.05) is 23.0 Å². The minimum Gasteiger partial charge on any atom is -0.744 e. The molecule has 28 heteroatoms. The van der Waals surface area contributed by atoms with E-state index in [9.17, 15) is 37.0 Å². The molecule has 0 fully saturated rings. The fraction of sp³-hybridized carbons (Fsp3) is 0.0741. The Morgan fingerprint density at radius 3 is 2.11 bits per heavy atom. The van der Waals surface area contributed by atoms with Crippen molar-refractivity contribution in [1.29, 1.82) is 0 Å². The second kappa shape index (κ2) is 23.3. The van der Waals surface area contributed by atoms with Gasteiger partial charge in [-0.2, -0.15) is 19.3 Å². The number of nitrogens with one attached hydrogen (secondary N) is 2. The Morgan fingerprint density at radius 1 is 0.818 bits per heavy atom. The van der Waals surface area contributed by atoms with Gasteiger partial charge in [-0.3, -0.25) is 14.3 Å². The number of aromatic nitrogens is 3. The number of rotatable bonds is 17. The number of phenols is 1. The summed E-state index contributed by atoms with van der Waals surface area (Å²) in [5.74, 6) is -0.848. The molecular weight excluding hydrogens is 863 g/mol. The minimum atomic E-state index is -4.90. The number of halogens is 1. The van der Waals surface area contributed by atoms with Gasteiger partial charge in [-0.1, -0.05) is 12.1 Å². The quantitative estimate of drug-likeness (QED) is 0.0150. The smallest absolute Gasteiger partial charge is 0.744 e. The van der Waals surface area contributed by atoms with Crippen molar-refractivity contribution >= 4 is 101 Å². The number of hydrogen-bond donors (Lipinski definition) is 3. The second-order valence-electron chi connectivity index (χ2n) is 9.72. The molecule has 1 aromatic heterocycles. The molecule has 0 saturated carbocycles. The summed E-state index contributed by atoms with van der Waals surface area (Å²) in [6.07, 6.45) is 0. The number of sulfone groups is 1. The number of hydrogen-bond acceptors (Lipinski definition) is 22. The van der Waals surface area contributed by atoms with Crippen LogP contribution in [0.2, 0.25) is 5.28 Å². The second-order valence-corrected chi connectivity index (χ2v) is 14.8. The van der Waals surface area contributed by atoms with Crippen LogP contribution in [0.5, 0.6) is 5.75 Å². The van der Waals surface area contributed by atoms with Gasteiger partial charge in [-0.15, -0.1) is 14.6 Å². The Morgan fingerprint density at radius 2 is 1.45 bits per heavy atom.